The summed E-state index contributed by atoms with van der Waals surface area (Å²) >= 11 is 0. The molecule has 0 aromatic rings. The van der Waals surface area contributed by atoms with E-state index in [2.05, 4.69) is 10.6 Å². The molecule has 0 aromatic heterocycles. The van der Waals surface area contributed by atoms with Gasteiger partial charge in [-0.05, 0) is 26.7 Å². The highest BCUT2D eigenvalue weighted by Crippen LogP contribution is 2.17. The highest BCUT2D eigenvalue weighted by molar-refractivity contribution is 5.97. The van der Waals surface area contributed by atoms with Gasteiger partial charge in [-0.15, -0.1) is 0 Å². The van der Waals surface area contributed by atoms with Gasteiger partial charge < -0.3 is 10.6 Å². The fourth-order valence-electron chi connectivity index (χ4n) is 1.78. The molecular formula is C12H19N3O. The lowest BCUT2D eigenvalue weighted by Gasteiger charge is -2.10. The van der Waals surface area contributed by atoms with E-state index in [0.717, 1.165) is 12.8 Å². The predicted molar refractivity (Wildman–Crippen MR) is 62.4 cm³/mol. The Labute approximate surface area is 96.7 Å². The maximum atomic E-state index is 11.5. The van der Waals surface area contributed by atoms with Gasteiger partial charge in [0.25, 0.3) is 5.91 Å². The van der Waals surface area contributed by atoms with Crippen molar-refractivity contribution in [1.82, 2.24) is 10.6 Å². The lowest BCUT2D eigenvalue weighted by molar-refractivity contribution is -0.117. The summed E-state index contributed by atoms with van der Waals surface area (Å²) in [6.45, 7) is 3.74. The van der Waals surface area contributed by atoms with Gasteiger partial charge in [-0.1, -0.05) is 12.8 Å². The van der Waals surface area contributed by atoms with Crippen molar-refractivity contribution in [2.45, 2.75) is 51.6 Å². The SMILES string of the molecule is CC(C)NC(=O)/C(C#N)=C\NC1CCCC1. The third kappa shape index (κ3) is 3.93. The highest BCUT2D eigenvalue weighted by Gasteiger charge is 2.14. The fourth-order valence-corrected chi connectivity index (χ4v) is 1.78. The van der Waals surface area contributed by atoms with Crippen LogP contribution in [0.3, 0.4) is 0 Å². The Balaban J connectivity index is 2.49. The van der Waals surface area contributed by atoms with E-state index in [1.165, 1.54) is 12.8 Å². The zero-order chi connectivity index (χ0) is 12.0. The van der Waals surface area contributed by atoms with Crippen LogP contribution in [-0.4, -0.2) is 18.0 Å². The Morgan fingerprint density at radius 3 is 2.56 bits per heavy atom. The van der Waals surface area contributed by atoms with Crippen LogP contribution in [0.25, 0.3) is 0 Å². The second-order valence-electron chi connectivity index (χ2n) is 4.45. The molecule has 0 spiro atoms. The second kappa shape index (κ2) is 6.16. The van der Waals surface area contributed by atoms with E-state index in [1.54, 1.807) is 6.20 Å². The molecule has 0 saturated heterocycles. The number of rotatable bonds is 4. The molecule has 2 N–H and O–H groups in total. The molecule has 88 valence electrons. The molecule has 1 aliphatic carbocycles. The van der Waals surface area contributed by atoms with Crippen LogP contribution in [0.15, 0.2) is 11.8 Å². The van der Waals surface area contributed by atoms with Gasteiger partial charge in [0.15, 0.2) is 0 Å². The normalized spacial score (nSPS) is 17.2. The molecule has 16 heavy (non-hydrogen) atoms. The van der Waals surface area contributed by atoms with Crippen molar-refractivity contribution in [2.75, 3.05) is 0 Å². The Morgan fingerprint density at radius 1 is 1.44 bits per heavy atom. The number of amides is 1. The average molecular weight is 221 g/mol. The molecule has 0 aliphatic heterocycles. The molecule has 1 fully saturated rings. The summed E-state index contributed by atoms with van der Waals surface area (Å²) in [7, 11) is 0. The topological polar surface area (TPSA) is 64.9 Å². The largest absolute Gasteiger partial charge is 0.387 e. The summed E-state index contributed by atoms with van der Waals surface area (Å²) in [6.07, 6.45) is 6.26. The third-order valence-corrected chi connectivity index (χ3v) is 2.60. The molecule has 0 heterocycles. The van der Waals surface area contributed by atoms with Gasteiger partial charge in [-0.3, -0.25) is 4.79 Å². The van der Waals surface area contributed by atoms with Gasteiger partial charge in [0.05, 0.1) is 0 Å². The van der Waals surface area contributed by atoms with Crippen molar-refractivity contribution in [1.29, 1.82) is 5.26 Å². The quantitative estimate of drug-likeness (QED) is 0.558. The van der Waals surface area contributed by atoms with Crippen LogP contribution in [0.1, 0.15) is 39.5 Å². The van der Waals surface area contributed by atoms with E-state index in [9.17, 15) is 4.79 Å². The molecule has 1 saturated carbocycles. The number of carbonyl (C=O) groups excluding carboxylic acids is 1. The molecule has 0 radical (unpaired) electrons. The number of nitriles is 1. The Morgan fingerprint density at radius 2 is 2.06 bits per heavy atom. The minimum atomic E-state index is -0.303. The van der Waals surface area contributed by atoms with Crippen LogP contribution in [0, 0.1) is 11.3 Å². The molecule has 0 unspecified atom stereocenters. The lowest BCUT2D eigenvalue weighted by Crippen LogP contribution is -2.32. The van der Waals surface area contributed by atoms with Crippen LogP contribution in [-0.2, 0) is 4.79 Å². The molecular weight excluding hydrogens is 202 g/mol. The number of hydrogen-bond acceptors (Lipinski definition) is 3. The average Bonchev–Trinajstić information content (AvgIpc) is 2.70. The molecule has 1 rings (SSSR count). The van der Waals surface area contributed by atoms with Gasteiger partial charge in [0.1, 0.15) is 11.6 Å². The minimum Gasteiger partial charge on any atom is -0.387 e. The van der Waals surface area contributed by atoms with Crippen molar-refractivity contribution in [3.63, 3.8) is 0 Å². The van der Waals surface area contributed by atoms with E-state index < -0.39 is 0 Å². The van der Waals surface area contributed by atoms with Gasteiger partial charge in [0, 0.05) is 18.3 Å². The summed E-state index contributed by atoms with van der Waals surface area (Å²) in [6, 6.07) is 2.40. The van der Waals surface area contributed by atoms with E-state index >= 15 is 0 Å². The smallest absolute Gasteiger partial charge is 0.263 e. The number of carbonyl (C=O) groups is 1. The summed E-state index contributed by atoms with van der Waals surface area (Å²) in [5, 5.41) is 14.7. The third-order valence-electron chi connectivity index (χ3n) is 2.60. The first-order valence-electron chi connectivity index (χ1n) is 5.80. The summed E-state index contributed by atoms with van der Waals surface area (Å²) < 4.78 is 0. The maximum Gasteiger partial charge on any atom is 0.263 e. The van der Waals surface area contributed by atoms with Crippen LogP contribution < -0.4 is 10.6 Å². The summed E-state index contributed by atoms with van der Waals surface area (Å²) in [5.74, 6) is -0.303. The number of nitrogens with one attached hydrogen (secondary N) is 2. The van der Waals surface area contributed by atoms with E-state index in [0.29, 0.717) is 6.04 Å². The Hall–Kier alpha value is -1.50. The first kappa shape index (κ1) is 12.6. The molecule has 1 amide bonds. The minimum absolute atomic E-state index is 0.0516. The predicted octanol–water partition coefficient (Wildman–Crippen LogP) is 1.45. The first-order chi connectivity index (χ1) is 7.63. The molecule has 0 bridgehead atoms. The molecule has 0 atom stereocenters. The van der Waals surface area contributed by atoms with Crippen LogP contribution in [0.5, 0.6) is 0 Å². The molecule has 4 heteroatoms. The Bertz CT molecular complexity index is 309. The number of nitrogens with zero attached hydrogens (tertiary/aromatic N) is 1. The first-order valence-corrected chi connectivity index (χ1v) is 5.80. The molecule has 4 nitrogen and oxygen atoms in total. The van der Waals surface area contributed by atoms with E-state index in [1.807, 2.05) is 19.9 Å². The number of hydrogen-bond donors (Lipinski definition) is 2. The van der Waals surface area contributed by atoms with Gasteiger partial charge in [-0.25, -0.2) is 0 Å². The van der Waals surface area contributed by atoms with Crippen molar-refractivity contribution in [3.8, 4) is 6.07 Å². The second-order valence-corrected chi connectivity index (χ2v) is 4.45. The van der Waals surface area contributed by atoms with Crippen molar-refractivity contribution in [2.24, 2.45) is 0 Å². The van der Waals surface area contributed by atoms with E-state index in [-0.39, 0.29) is 17.5 Å². The highest BCUT2D eigenvalue weighted by atomic mass is 16.1. The maximum absolute atomic E-state index is 11.5. The van der Waals surface area contributed by atoms with Gasteiger partial charge in [0.2, 0.25) is 0 Å². The Kier molecular flexibility index (Phi) is 4.84. The summed E-state index contributed by atoms with van der Waals surface area (Å²) in [4.78, 5) is 11.5. The zero-order valence-corrected chi connectivity index (χ0v) is 9.92. The standard InChI is InChI=1S/C12H19N3O/c1-9(2)15-12(16)10(7-13)8-14-11-5-3-4-6-11/h8-9,11,14H,3-6H2,1-2H3,(H,15,16)/b10-8-. The monoisotopic (exact) mass is 221 g/mol. The summed E-state index contributed by atoms with van der Waals surface area (Å²) in [5.41, 5.74) is 0.153. The van der Waals surface area contributed by atoms with Crippen molar-refractivity contribution < 1.29 is 4.79 Å². The van der Waals surface area contributed by atoms with E-state index in [4.69, 9.17) is 5.26 Å². The van der Waals surface area contributed by atoms with Gasteiger partial charge >= 0.3 is 0 Å². The van der Waals surface area contributed by atoms with Gasteiger partial charge in [-0.2, -0.15) is 5.26 Å². The lowest BCUT2D eigenvalue weighted by atomic mass is 10.2. The fraction of sp³-hybridized carbons (Fsp3) is 0.667. The van der Waals surface area contributed by atoms with Crippen LogP contribution in [0.4, 0.5) is 0 Å². The zero-order valence-electron chi connectivity index (χ0n) is 9.92. The van der Waals surface area contributed by atoms with Crippen molar-refractivity contribution >= 4 is 5.91 Å². The molecule has 0 aromatic carbocycles. The van der Waals surface area contributed by atoms with Crippen LogP contribution >= 0.6 is 0 Å². The van der Waals surface area contributed by atoms with Crippen molar-refractivity contribution in [3.05, 3.63) is 11.8 Å². The molecule has 1 aliphatic rings. The van der Waals surface area contributed by atoms with Crippen LogP contribution in [0.2, 0.25) is 0 Å².